The van der Waals surface area contributed by atoms with E-state index in [0.29, 0.717) is 5.56 Å². The Morgan fingerprint density at radius 2 is 1.81 bits per heavy atom. The molecule has 1 saturated heterocycles. The van der Waals surface area contributed by atoms with Crippen LogP contribution < -0.4 is 10.8 Å². The molecule has 0 amide bonds. The van der Waals surface area contributed by atoms with Gasteiger partial charge in [-0.15, -0.1) is 0 Å². The van der Waals surface area contributed by atoms with Gasteiger partial charge in [0.25, 0.3) is 0 Å². The average molecular weight is 286 g/mol. The highest BCUT2D eigenvalue weighted by Gasteiger charge is 2.52. The van der Waals surface area contributed by atoms with E-state index in [1.807, 2.05) is 39.8 Å². The van der Waals surface area contributed by atoms with Crippen LogP contribution in [0.1, 0.15) is 46.6 Å². The summed E-state index contributed by atoms with van der Waals surface area (Å²) < 4.78 is 12.2. The van der Waals surface area contributed by atoms with Gasteiger partial charge < -0.3 is 14.6 Å². The third kappa shape index (κ3) is 3.07. The van der Waals surface area contributed by atoms with Crippen molar-refractivity contribution in [1.29, 1.82) is 5.26 Å². The fourth-order valence-corrected chi connectivity index (χ4v) is 2.21. The minimum Gasteiger partial charge on any atom is -0.399 e. The zero-order valence-electron chi connectivity index (χ0n) is 13.5. The molecule has 1 fully saturated rings. The summed E-state index contributed by atoms with van der Waals surface area (Å²) in [6.45, 7) is 11.1. The van der Waals surface area contributed by atoms with Gasteiger partial charge in [-0.1, -0.05) is 13.0 Å². The summed E-state index contributed by atoms with van der Waals surface area (Å²) in [6, 6.07) is 7.75. The van der Waals surface area contributed by atoms with Crippen molar-refractivity contribution in [3.05, 3.63) is 23.8 Å². The molecule has 0 bridgehead atoms. The highest BCUT2D eigenvalue weighted by Crippen LogP contribution is 2.37. The standard InChI is InChI=1S/C16H23BN2O2/c1-6-9-19-14-10-12(11-18)7-8-13(14)17-20-15(2,3)16(4,5)21-17/h7-8,10,19H,6,9H2,1-5H3. The Balaban J connectivity index is 2.34. The van der Waals surface area contributed by atoms with Crippen LogP contribution in [0.2, 0.25) is 0 Å². The summed E-state index contributed by atoms with van der Waals surface area (Å²) in [5, 5.41) is 12.4. The van der Waals surface area contributed by atoms with Crippen molar-refractivity contribution in [3.63, 3.8) is 0 Å². The SMILES string of the molecule is CCCNc1cc(C#N)ccc1B1OC(C)(C)C(C)(C)O1. The molecule has 0 saturated carbocycles. The molecule has 0 unspecified atom stereocenters. The maximum Gasteiger partial charge on any atom is 0.496 e. The second-order valence-electron chi connectivity index (χ2n) is 6.43. The van der Waals surface area contributed by atoms with Crippen LogP contribution in [0.3, 0.4) is 0 Å². The van der Waals surface area contributed by atoms with Crippen LogP contribution in [0.15, 0.2) is 18.2 Å². The van der Waals surface area contributed by atoms with Crippen molar-refractivity contribution in [2.75, 3.05) is 11.9 Å². The molecule has 2 rings (SSSR count). The van der Waals surface area contributed by atoms with E-state index < -0.39 is 7.12 Å². The number of hydrogen-bond donors (Lipinski definition) is 1. The molecule has 0 aromatic heterocycles. The van der Waals surface area contributed by atoms with E-state index in [0.717, 1.165) is 24.1 Å². The average Bonchev–Trinajstić information content (AvgIpc) is 2.64. The van der Waals surface area contributed by atoms with Crippen molar-refractivity contribution in [2.45, 2.75) is 52.2 Å². The molecule has 1 heterocycles. The molecule has 1 N–H and O–H groups in total. The maximum atomic E-state index is 9.07. The first-order valence-electron chi connectivity index (χ1n) is 7.44. The molecule has 1 aliphatic rings. The minimum absolute atomic E-state index is 0.367. The predicted octanol–water partition coefficient (Wildman–Crippen LogP) is 2.68. The number of nitrogens with zero attached hydrogens (tertiary/aromatic N) is 1. The molecular formula is C16H23BN2O2. The molecule has 5 heteroatoms. The largest absolute Gasteiger partial charge is 0.496 e. The summed E-state index contributed by atoms with van der Waals surface area (Å²) in [5.41, 5.74) is 1.76. The first kappa shape index (κ1) is 15.9. The summed E-state index contributed by atoms with van der Waals surface area (Å²) in [6.07, 6.45) is 1.01. The first-order chi connectivity index (χ1) is 9.80. The molecule has 0 spiro atoms. The molecule has 112 valence electrons. The molecule has 0 aliphatic carbocycles. The molecule has 0 radical (unpaired) electrons. The van der Waals surface area contributed by atoms with Gasteiger partial charge in [0.05, 0.1) is 22.8 Å². The highest BCUT2D eigenvalue weighted by molar-refractivity contribution is 6.64. The lowest BCUT2D eigenvalue weighted by molar-refractivity contribution is 0.00578. The number of rotatable bonds is 4. The van der Waals surface area contributed by atoms with E-state index in [4.69, 9.17) is 14.6 Å². The summed E-state index contributed by atoms with van der Waals surface area (Å²) in [5.74, 6) is 0. The summed E-state index contributed by atoms with van der Waals surface area (Å²) in [4.78, 5) is 0. The zero-order chi connectivity index (χ0) is 15.7. The molecule has 1 aliphatic heterocycles. The Morgan fingerprint density at radius 3 is 2.33 bits per heavy atom. The van der Waals surface area contributed by atoms with Crippen LogP contribution in [-0.2, 0) is 9.31 Å². The Bertz CT molecular complexity index is 548. The van der Waals surface area contributed by atoms with Crippen LogP contribution in [0.5, 0.6) is 0 Å². The fourth-order valence-electron chi connectivity index (χ4n) is 2.21. The Labute approximate surface area is 127 Å². The Kier molecular flexibility index (Phi) is 4.31. The van der Waals surface area contributed by atoms with Crippen LogP contribution in [0.25, 0.3) is 0 Å². The molecular weight excluding hydrogens is 263 g/mol. The lowest BCUT2D eigenvalue weighted by Gasteiger charge is -2.32. The van der Waals surface area contributed by atoms with Gasteiger partial charge in [-0.05, 0) is 46.2 Å². The maximum absolute atomic E-state index is 9.07. The van der Waals surface area contributed by atoms with Gasteiger partial charge in [-0.2, -0.15) is 5.26 Å². The predicted molar refractivity (Wildman–Crippen MR) is 85.7 cm³/mol. The third-order valence-electron chi connectivity index (χ3n) is 4.26. The van der Waals surface area contributed by atoms with E-state index in [9.17, 15) is 0 Å². The van der Waals surface area contributed by atoms with Gasteiger partial charge in [-0.3, -0.25) is 0 Å². The smallest absolute Gasteiger partial charge is 0.399 e. The topological polar surface area (TPSA) is 54.3 Å². The number of anilines is 1. The number of benzene rings is 1. The van der Waals surface area contributed by atoms with E-state index >= 15 is 0 Å². The van der Waals surface area contributed by atoms with Crippen molar-refractivity contribution >= 4 is 18.3 Å². The van der Waals surface area contributed by atoms with Gasteiger partial charge in [-0.25, -0.2) is 0 Å². The van der Waals surface area contributed by atoms with Crippen LogP contribution >= 0.6 is 0 Å². The van der Waals surface area contributed by atoms with Crippen LogP contribution in [0.4, 0.5) is 5.69 Å². The molecule has 1 aromatic carbocycles. The van der Waals surface area contributed by atoms with Gasteiger partial charge in [0.1, 0.15) is 0 Å². The van der Waals surface area contributed by atoms with Gasteiger partial charge in [0.15, 0.2) is 0 Å². The fraction of sp³-hybridized carbons (Fsp3) is 0.562. The van der Waals surface area contributed by atoms with Crippen molar-refractivity contribution < 1.29 is 9.31 Å². The number of hydrogen-bond acceptors (Lipinski definition) is 4. The minimum atomic E-state index is -0.415. The van der Waals surface area contributed by atoms with Crippen LogP contribution in [-0.4, -0.2) is 24.9 Å². The first-order valence-corrected chi connectivity index (χ1v) is 7.44. The van der Waals surface area contributed by atoms with Gasteiger partial charge in [0.2, 0.25) is 0 Å². The van der Waals surface area contributed by atoms with E-state index in [1.165, 1.54) is 0 Å². The number of nitriles is 1. The second kappa shape index (κ2) is 5.71. The third-order valence-corrected chi connectivity index (χ3v) is 4.26. The quantitative estimate of drug-likeness (QED) is 0.865. The van der Waals surface area contributed by atoms with Gasteiger partial charge >= 0.3 is 7.12 Å². The molecule has 1 aromatic rings. The Hall–Kier alpha value is -1.51. The lowest BCUT2D eigenvalue weighted by atomic mass is 9.77. The van der Waals surface area contributed by atoms with Crippen molar-refractivity contribution in [3.8, 4) is 6.07 Å². The van der Waals surface area contributed by atoms with Crippen molar-refractivity contribution in [2.24, 2.45) is 0 Å². The molecule has 21 heavy (non-hydrogen) atoms. The number of nitrogens with one attached hydrogen (secondary N) is 1. The summed E-state index contributed by atoms with van der Waals surface area (Å²) in [7, 11) is -0.415. The Morgan fingerprint density at radius 1 is 1.19 bits per heavy atom. The van der Waals surface area contributed by atoms with Crippen LogP contribution in [0, 0.1) is 11.3 Å². The normalized spacial score (nSPS) is 19.3. The second-order valence-corrected chi connectivity index (χ2v) is 6.43. The molecule has 0 atom stereocenters. The van der Waals surface area contributed by atoms with E-state index in [1.54, 1.807) is 6.07 Å². The van der Waals surface area contributed by atoms with Crippen molar-refractivity contribution in [1.82, 2.24) is 0 Å². The highest BCUT2D eigenvalue weighted by atomic mass is 16.7. The lowest BCUT2D eigenvalue weighted by Crippen LogP contribution is -2.41. The van der Waals surface area contributed by atoms with E-state index in [-0.39, 0.29) is 11.2 Å². The van der Waals surface area contributed by atoms with E-state index in [2.05, 4.69) is 18.3 Å². The monoisotopic (exact) mass is 286 g/mol. The summed E-state index contributed by atoms with van der Waals surface area (Å²) >= 11 is 0. The zero-order valence-corrected chi connectivity index (χ0v) is 13.5. The molecule has 4 nitrogen and oxygen atoms in total. The van der Waals surface area contributed by atoms with Gasteiger partial charge in [0, 0.05) is 17.7 Å².